The van der Waals surface area contributed by atoms with E-state index < -0.39 is 0 Å². The summed E-state index contributed by atoms with van der Waals surface area (Å²) >= 11 is 7.94. The summed E-state index contributed by atoms with van der Waals surface area (Å²) in [6, 6.07) is 14.2. The zero-order chi connectivity index (χ0) is 31.9. The molecule has 0 amide bonds. The average Bonchev–Trinajstić information content (AvgIpc) is 3.52. The van der Waals surface area contributed by atoms with Crippen LogP contribution >= 0.6 is 23.4 Å². The molecule has 3 aliphatic heterocycles. The van der Waals surface area contributed by atoms with Crippen LogP contribution in [-0.4, -0.2) is 92.6 Å². The van der Waals surface area contributed by atoms with E-state index in [1.807, 2.05) is 63.1 Å². The van der Waals surface area contributed by atoms with Crippen LogP contribution in [0.15, 0.2) is 52.5 Å². The summed E-state index contributed by atoms with van der Waals surface area (Å²) in [5, 5.41) is 2.39. The summed E-state index contributed by atoms with van der Waals surface area (Å²) in [5.41, 5.74) is 4.23. The summed E-state index contributed by atoms with van der Waals surface area (Å²) in [7, 11) is 7.83. The molecule has 1 fully saturated rings. The first-order chi connectivity index (χ1) is 22.3. The van der Waals surface area contributed by atoms with Crippen LogP contribution < -0.4 is 28.9 Å². The lowest BCUT2D eigenvalue weighted by Gasteiger charge is -2.39. The Morgan fingerprint density at radius 3 is 2.22 bits per heavy atom. The highest BCUT2D eigenvalue weighted by Gasteiger charge is 2.39. The van der Waals surface area contributed by atoms with E-state index in [9.17, 15) is 0 Å². The van der Waals surface area contributed by atoms with Gasteiger partial charge in [-0.15, -0.1) is 0 Å². The van der Waals surface area contributed by atoms with Gasteiger partial charge in [0.1, 0.15) is 15.9 Å². The van der Waals surface area contributed by atoms with Crippen LogP contribution in [0.1, 0.15) is 35.1 Å². The Labute approximate surface area is 278 Å². The van der Waals surface area contributed by atoms with E-state index in [1.165, 1.54) is 5.56 Å². The third-order valence-corrected chi connectivity index (χ3v) is 9.57. The normalized spacial score (nSPS) is 17.0. The highest BCUT2D eigenvalue weighted by Crippen LogP contribution is 2.53. The lowest BCUT2D eigenvalue weighted by atomic mass is 9.86. The van der Waals surface area contributed by atoms with E-state index in [0.717, 1.165) is 76.8 Å². The van der Waals surface area contributed by atoms with Crippen molar-refractivity contribution in [3.63, 3.8) is 0 Å². The van der Waals surface area contributed by atoms with Crippen LogP contribution in [0.4, 0.5) is 17.7 Å². The molecule has 1 saturated heterocycles. The Hall–Kier alpha value is -4.00. The van der Waals surface area contributed by atoms with Crippen molar-refractivity contribution in [2.45, 2.75) is 29.4 Å². The number of piperazine rings is 1. The van der Waals surface area contributed by atoms with E-state index in [0.29, 0.717) is 29.4 Å². The molecular weight excluding hydrogens is 624 g/mol. The molecule has 0 saturated carbocycles. The highest BCUT2D eigenvalue weighted by molar-refractivity contribution is 7.99. The molecule has 13 heteroatoms. The van der Waals surface area contributed by atoms with Crippen molar-refractivity contribution in [2.75, 3.05) is 82.5 Å². The maximum atomic E-state index is 6.38. The second-order valence-corrected chi connectivity index (χ2v) is 13.3. The van der Waals surface area contributed by atoms with E-state index in [2.05, 4.69) is 34.1 Å². The molecule has 11 nitrogen and oxygen atoms in total. The molecule has 2 aromatic carbocycles. The second kappa shape index (κ2) is 12.7. The van der Waals surface area contributed by atoms with Gasteiger partial charge in [0.2, 0.25) is 24.6 Å². The van der Waals surface area contributed by atoms with Crippen molar-refractivity contribution in [3.05, 3.63) is 69.7 Å². The van der Waals surface area contributed by atoms with Gasteiger partial charge in [-0.3, -0.25) is 4.90 Å². The van der Waals surface area contributed by atoms with Gasteiger partial charge < -0.3 is 28.9 Å². The summed E-state index contributed by atoms with van der Waals surface area (Å²) in [4.78, 5) is 28.9. The minimum absolute atomic E-state index is 0.251. The Balaban J connectivity index is 1.28. The number of ether oxygens (including phenoxy) is 3. The fourth-order valence-corrected chi connectivity index (χ4v) is 7.23. The van der Waals surface area contributed by atoms with E-state index in [1.54, 1.807) is 11.8 Å². The SMILES string of the molecule is CCOc1nc(N(C)C)nc2c1C(c1ccc(Cl)cc1)c1c(nc(N(C)C)nc1N1CCN(Cc3ccc4c(c3)OCO4)CC1)S2. The Kier molecular flexibility index (Phi) is 8.43. The maximum absolute atomic E-state index is 6.38. The molecule has 2 aromatic heterocycles. The van der Waals surface area contributed by atoms with Gasteiger partial charge in [0, 0.05) is 77.4 Å². The number of fused-ring (bicyclic) bond motifs is 3. The Morgan fingerprint density at radius 1 is 0.848 bits per heavy atom. The molecule has 0 N–H and O–H groups in total. The molecule has 1 unspecified atom stereocenters. The summed E-state index contributed by atoms with van der Waals surface area (Å²) in [6.45, 7) is 7.00. The standard InChI is InChI=1S/C33H37ClN8O3S/c1-6-43-29-27-25(21-8-10-22(34)11-9-21)26-28(35-32(39(2)3)37-30(26)46-31(27)38-33(36-29)40(4)5)42-15-13-41(14-16-42)18-20-7-12-23-24(17-20)45-19-44-23/h7-12,17,25H,6,13-16,18-19H2,1-5H3. The topological polar surface area (TPSA) is 92.2 Å². The predicted molar refractivity (Wildman–Crippen MR) is 180 cm³/mol. The monoisotopic (exact) mass is 660 g/mol. The zero-order valence-electron chi connectivity index (χ0n) is 26.7. The summed E-state index contributed by atoms with van der Waals surface area (Å²) in [6.07, 6.45) is 0. The van der Waals surface area contributed by atoms with Crippen molar-refractivity contribution >= 4 is 41.1 Å². The van der Waals surface area contributed by atoms with Gasteiger partial charge in [-0.1, -0.05) is 29.8 Å². The van der Waals surface area contributed by atoms with Crippen LogP contribution in [0.5, 0.6) is 17.4 Å². The van der Waals surface area contributed by atoms with Gasteiger partial charge in [-0.25, -0.2) is 9.97 Å². The molecule has 1 atom stereocenters. The first kappa shape index (κ1) is 30.6. The van der Waals surface area contributed by atoms with Gasteiger partial charge in [-0.05, 0) is 54.1 Å². The summed E-state index contributed by atoms with van der Waals surface area (Å²) < 4.78 is 17.3. The van der Waals surface area contributed by atoms with Crippen molar-refractivity contribution in [1.29, 1.82) is 0 Å². The maximum Gasteiger partial charge on any atom is 0.231 e. The Bertz CT molecular complexity index is 1750. The van der Waals surface area contributed by atoms with Gasteiger partial charge in [0.05, 0.1) is 12.2 Å². The molecule has 46 heavy (non-hydrogen) atoms. The first-order valence-electron chi connectivity index (χ1n) is 15.4. The van der Waals surface area contributed by atoms with Crippen molar-refractivity contribution in [2.24, 2.45) is 0 Å². The lowest BCUT2D eigenvalue weighted by molar-refractivity contribution is 0.174. The number of benzene rings is 2. The smallest absolute Gasteiger partial charge is 0.231 e. The molecule has 0 radical (unpaired) electrons. The molecule has 240 valence electrons. The number of hydrogen-bond acceptors (Lipinski definition) is 12. The second-order valence-electron chi connectivity index (χ2n) is 11.9. The Morgan fingerprint density at radius 2 is 1.52 bits per heavy atom. The fourth-order valence-electron chi connectivity index (χ4n) is 6.03. The zero-order valence-corrected chi connectivity index (χ0v) is 28.2. The molecule has 7 rings (SSSR count). The van der Waals surface area contributed by atoms with E-state index in [-0.39, 0.29) is 12.7 Å². The van der Waals surface area contributed by atoms with Crippen LogP contribution in [0.2, 0.25) is 5.02 Å². The van der Waals surface area contributed by atoms with Crippen molar-refractivity contribution < 1.29 is 14.2 Å². The molecule has 0 bridgehead atoms. The third kappa shape index (κ3) is 5.85. The summed E-state index contributed by atoms with van der Waals surface area (Å²) in [5.74, 6) is 4.13. The number of anilines is 3. The van der Waals surface area contributed by atoms with E-state index >= 15 is 0 Å². The van der Waals surface area contributed by atoms with Gasteiger partial charge in [-0.2, -0.15) is 9.97 Å². The molecular formula is C33H37ClN8O3S. The third-order valence-electron chi connectivity index (χ3n) is 8.31. The van der Waals surface area contributed by atoms with Crippen LogP contribution in [0.25, 0.3) is 0 Å². The average molecular weight is 661 g/mol. The van der Waals surface area contributed by atoms with Crippen molar-refractivity contribution in [3.8, 4) is 17.4 Å². The minimum Gasteiger partial charge on any atom is -0.478 e. The number of nitrogens with zero attached hydrogens (tertiary/aromatic N) is 8. The number of aromatic nitrogens is 4. The lowest BCUT2D eigenvalue weighted by Crippen LogP contribution is -2.47. The molecule has 0 spiro atoms. The van der Waals surface area contributed by atoms with Gasteiger partial charge in [0.15, 0.2) is 11.5 Å². The molecule has 4 aromatic rings. The largest absolute Gasteiger partial charge is 0.478 e. The molecule has 5 heterocycles. The van der Waals surface area contributed by atoms with Gasteiger partial charge in [0.25, 0.3) is 0 Å². The first-order valence-corrected chi connectivity index (χ1v) is 16.6. The predicted octanol–water partition coefficient (Wildman–Crippen LogP) is 5.15. The number of rotatable bonds is 8. The van der Waals surface area contributed by atoms with Crippen LogP contribution in [-0.2, 0) is 6.54 Å². The molecule has 3 aliphatic rings. The molecule has 0 aliphatic carbocycles. The van der Waals surface area contributed by atoms with Gasteiger partial charge >= 0.3 is 0 Å². The minimum atomic E-state index is -0.251. The van der Waals surface area contributed by atoms with Crippen molar-refractivity contribution in [1.82, 2.24) is 24.8 Å². The van der Waals surface area contributed by atoms with Crippen LogP contribution in [0, 0.1) is 0 Å². The highest BCUT2D eigenvalue weighted by atomic mass is 35.5. The number of hydrogen-bond donors (Lipinski definition) is 0. The number of halogens is 1. The fraction of sp³-hybridized carbons (Fsp3) is 0.394. The van der Waals surface area contributed by atoms with Crippen LogP contribution in [0.3, 0.4) is 0 Å². The quantitative estimate of drug-likeness (QED) is 0.206. The van der Waals surface area contributed by atoms with E-state index in [4.69, 9.17) is 45.7 Å².